The number of sulfonamides is 1. The van der Waals surface area contributed by atoms with Crippen LogP contribution in [0.4, 0.5) is 5.69 Å². The molecule has 1 aliphatic heterocycles. The van der Waals surface area contributed by atoms with Crippen LogP contribution in [0, 0.1) is 0 Å². The van der Waals surface area contributed by atoms with Gasteiger partial charge in [-0.1, -0.05) is 6.92 Å². The van der Waals surface area contributed by atoms with E-state index in [2.05, 4.69) is 5.32 Å². The van der Waals surface area contributed by atoms with Crippen LogP contribution in [-0.4, -0.2) is 71.1 Å². The zero-order valence-corrected chi connectivity index (χ0v) is 17.3. The number of rotatable bonds is 7. The summed E-state index contributed by atoms with van der Waals surface area (Å²) in [5.41, 5.74) is 0.736. The maximum atomic E-state index is 12.1. The van der Waals surface area contributed by atoms with Crippen molar-refractivity contribution in [3.8, 4) is 0 Å². The summed E-state index contributed by atoms with van der Waals surface area (Å²) in [6.45, 7) is 6.78. The van der Waals surface area contributed by atoms with E-state index >= 15 is 0 Å². The van der Waals surface area contributed by atoms with Gasteiger partial charge in [0, 0.05) is 32.2 Å². The predicted molar refractivity (Wildman–Crippen MR) is 106 cm³/mol. The molecule has 0 saturated carbocycles. The van der Waals surface area contributed by atoms with E-state index in [1.807, 2.05) is 23.6 Å². The molecule has 0 bridgehead atoms. The number of nitrogens with one attached hydrogen (secondary N) is 1. The molecule has 156 valence electrons. The third-order valence-electron chi connectivity index (χ3n) is 4.80. The molecule has 1 saturated heterocycles. The maximum absolute atomic E-state index is 12.1. The molecule has 0 aliphatic carbocycles. The Morgan fingerprint density at radius 2 is 1.89 bits per heavy atom. The van der Waals surface area contributed by atoms with E-state index in [9.17, 15) is 18.0 Å². The van der Waals surface area contributed by atoms with Gasteiger partial charge in [-0.15, -0.1) is 0 Å². The van der Waals surface area contributed by atoms with Gasteiger partial charge in [0.05, 0.1) is 29.8 Å². The lowest BCUT2D eigenvalue weighted by atomic mass is 10.1. The van der Waals surface area contributed by atoms with Crippen LogP contribution in [-0.2, 0) is 19.6 Å². The summed E-state index contributed by atoms with van der Waals surface area (Å²) in [4.78, 5) is 28.1. The first kappa shape index (κ1) is 22.1. The minimum absolute atomic E-state index is 0.00412. The third kappa shape index (κ3) is 5.66. The van der Waals surface area contributed by atoms with Crippen molar-refractivity contribution in [2.24, 2.45) is 5.14 Å². The molecule has 9 nitrogen and oxygen atoms in total. The minimum atomic E-state index is -3.93. The number of nitrogens with two attached hydrogens (primary N) is 1. The van der Waals surface area contributed by atoms with E-state index in [4.69, 9.17) is 9.88 Å². The summed E-state index contributed by atoms with van der Waals surface area (Å²) in [5.74, 6) is -0.633. The monoisotopic (exact) mass is 412 g/mol. The molecule has 1 aromatic carbocycles. The number of carbonyl (C=O) groups is 2. The van der Waals surface area contributed by atoms with Crippen molar-refractivity contribution in [2.45, 2.75) is 31.2 Å². The first-order chi connectivity index (χ1) is 13.2. The first-order valence-electron chi connectivity index (χ1n) is 9.17. The second kappa shape index (κ2) is 9.35. The van der Waals surface area contributed by atoms with Gasteiger partial charge < -0.3 is 15.0 Å². The summed E-state index contributed by atoms with van der Waals surface area (Å²) in [6.07, 6.45) is 0.879. The number of benzene rings is 1. The number of hydrogen-bond acceptors (Lipinski definition) is 7. The van der Waals surface area contributed by atoms with Crippen LogP contribution in [0.5, 0.6) is 0 Å². The normalized spacial score (nSPS) is 16.5. The molecule has 0 spiro atoms. The van der Waals surface area contributed by atoms with Crippen LogP contribution in [0.3, 0.4) is 0 Å². The number of ether oxygens (including phenoxy) is 1. The summed E-state index contributed by atoms with van der Waals surface area (Å²) >= 11 is 0. The van der Waals surface area contributed by atoms with Crippen LogP contribution >= 0.6 is 0 Å². The van der Waals surface area contributed by atoms with Crippen molar-refractivity contribution in [1.82, 2.24) is 10.2 Å². The second-order valence-corrected chi connectivity index (χ2v) is 8.42. The SMILES string of the molecule is CCC(C)NC(=O)CN1CCN(c2ccc(S(N)(=O)=O)cc2C(=O)OC)CC1. The van der Waals surface area contributed by atoms with Crippen molar-refractivity contribution < 1.29 is 22.7 Å². The highest BCUT2D eigenvalue weighted by Gasteiger charge is 2.24. The molecule has 1 fully saturated rings. The van der Waals surface area contributed by atoms with Gasteiger partial charge >= 0.3 is 5.97 Å². The van der Waals surface area contributed by atoms with Gasteiger partial charge in [0.15, 0.2) is 0 Å². The number of anilines is 1. The van der Waals surface area contributed by atoms with Crippen LogP contribution < -0.4 is 15.4 Å². The number of piperazine rings is 1. The molecule has 28 heavy (non-hydrogen) atoms. The second-order valence-electron chi connectivity index (χ2n) is 6.86. The highest BCUT2D eigenvalue weighted by Crippen LogP contribution is 2.25. The number of nitrogens with zero attached hydrogens (tertiary/aromatic N) is 2. The van der Waals surface area contributed by atoms with Crippen molar-refractivity contribution in [3.63, 3.8) is 0 Å². The molecular weight excluding hydrogens is 384 g/mol. The van der Waals surface area contributed by atoms with Gasteiger partial charge in [0.2, 0.25) is 15.9 Å². The van der Waals surface area contributed by atoms with Gasteiger partial charge in [-0.05, 0) is 31.5 Å². The maximum Gasteiger partial charge on any atom is 0.340 e. The van der Waals surface area contributed by atoms with Gasteiger partial charge in [0.25, 0.3) is 0 Å². The van der Waals surface area contributed by atoms with E-state index in [0.717, 1.165) is 6.42 Å². The number of hydrogen-bond donors (Lipinski definition) is 2. The smallest absolute Gasteiger partial charge is 0.340 e. The fourth-order valence-corrected chi connectivity index (χ4v) is 3.55. The molecule has 1 unspecified atom stereocenters. The van der Waals surface area contributed by atoms with Crippen LogP contribution in [0.25, 0.3) is 0 Å². The van der Waals surface area contributed by atoms with Gasteiger partial charge in [-0.3, -0.25) is 9.69 Å². The topological polar surface area (TPSA) is 122 Å². The Kier molecular flexibility index (Phi) is 7.39. The summed E-state index contributed by atoms with van der Waals surface area (Å²) in [6, 6.07) is 4.33. The van der Waals surface area contributed by atoms with E-state index < -0.39 is 16.0 Å². The van der Waals surface area contributed by atoms with Gasteiger partial charge in [-0.25, -0.2) is 18.4 Å². The Morgan fingerprint density at radius 1 is 1.25 bits per heavy atom. The molecule has 0 aromatic heterocycles. The number of amides is 1. The van der Waals surface area contributed by atoms with Crippen LogP contribution in [0.15, 0.2) is 23.1 Å². The van der Waals surface area contributed by atoms with E-state index in [-0.39, 0.29) is 22.4 Å². The summed E-state index contributed by atoms with van der Waals surface area (Å²) in [7, 11) is -2.69. The van der Waals surface area contributed by atoms with Crippen molar-refractivity contribution in [3.05, 3.63) is 23.8 Å². The minimum Gasteiger partial charge on any atom is -0.465 e. The van der Waals surface area contributed by atoms with Crippen molar-refractivity contribution >= 4 is 27.6 Å². The van der Waals surface area contributed by atoms with Crippen LogP contribution in [0.2, 0.25) is 0 Å². The highest BCUT2D eigenvalue weighted by molar-refractivity contribution is 7.89. The third-order valence-corrected chi connectivity index (χ3v) is 5.71. The molecule has 2 rings (SSSR count). The lowest BCUT2D eigenvalue weighted by Gasteiger charge is -2.36. The Hall–Kier alpha value is -2.17. The number of carbonyl (C=O) groups excluding carboxylic acids is 2. The lowest BCUT2D eigenvalue weighted by molar-refractivity contribution is -0.122. The van der Waals surface area contributed by atoms with E-state index in [1.54, 1.807) is 6.07 Å². The highest BCUT2D eigenvalue weighted by atomic mass is 32.2. The quantitative estimate of drug-likeness (QED) is 0.612. The Bertz CT molecular complexity index is 819. The number of esters is 1. The number of primary sulfonamides is 1. The molecular formula is C18H28N4O5S. The molecule has 1 heterocycles. The Morgan fingerprint density at radius 3 is 2.43 bits per heavy atom. The number of methoxy groups -OCH3 is 1. The molecule has 1 aromatic rings. The zero-order chi connectivity index (χ0) is 20.9. The molecule has 1 atom stereocenters. The molecule has 10 heteroatoms. The van der Waals surface area contributed by atoms with Crippen LogP contribution in [0.1, 0.15) is 30.6 Å². The van der Waals surface area contributed by atoms with E-state index in [1.165, 1.54) is 19.2 Å². The Balaban J connectivity index is 2.09. The molecule has 1 aliphatic rings. The van der Waals surface area contributed by atoms with Gasteiger partial charge in [0.1, 0.15) is 0 Å². The average Bonchev–Trinajstić information content (AvgIpc) is 2.66. The largest absolute Gasteiger partial charge is 0.465 e. The lowest BCUT2D eigenvalue weighted by Crippen LogP contribution is -2.50. The molecule has 0 radical (unpaired) electrons. The fourth-order valence-electron chi connectivity index (χ4n) is 3.01. The average molecular weight is 413 g/mol. The fraction of sp³-hybridized carbons (Fsp3) is 0.556. The molecule has 1 amide bonds. The van der Waals surface area contributed by atoms with Gasteiger partial charge in [-0.2, -0.15) is 0 Å². The predicted octanol–water partition coefficient (Wildman–Crippen LogP) is 0.157. The summed E-state index contributed by atoms with van der Waals surface area (Å²) in [5, 5.41) is 8.11. The Labute approximate surface area is 165 Å². The zero-order valence-electron chi connectivity index (χ0n) is 16.5. The van der Waals surface area contributed by atoms with Crippen molar-refractivity contribution in [2.75, 3.05) is 44.7 Å². The standard InChI is InChI=1S/C18H28N4O5S/c1-4-13(2)20-17(23)12-21-7-9-22(10-8-21)16-6-5-14(28(19,25)26)11-15(16)18(24)27-3/h5-6,11,13H,4,7-10,12H2,1-3H3,(H,20,23)(H2,19,25,26). The first-order valence-corrected chi connectivity index (χ1v) is 10.7. The summed E-state index contributed by atoms with van der Waals surface area (Å²) < 4.78 is 28.0. The van der Waals surface area contributed by atoms with Crippen molar-refractivity contribution in [1.29, 1.82) is 0 Å². The molecule has 3 N–H and O–H groups in total. The van der Waals surface area contributed by atoms with E-state index in [0.29, 0.717) is 38.4 Å².